The van der Waals surface area contributed by atoms with Gasteiger partial charge in [-0.25, -0.2) is 4.79 Å². The molecule has 7 nitrogen and oxygen atoms in total. The van der Waals surface area contributed by atoms with Crippen LogP contribution in [0, 0.1) is 11.8 Å². The lowest BCUT2D eigenvalue weighted by Gasteiger charge is -2.26. The summed E-state index contributed by atoms with van der Waals surface area (Å²) < 4.78 is 10.2. The summed E-state index contributed by atoms with van der Waals surface area (Å²) in [6, 6.07) is 0. The van der Waals surface area contributed by atoms with Gasteiger partial charge in [0.15, 0.2) is 0 Å². The van der Waals surface area contributed by atoms with Gasteiger partial charge in [0.25, 0.3) is 0 Å². The molecule has 0 saturated heterocycles. The molecule has 1 rings (SSSR count). The Kier molecular flexibility index (Phi) is 8.43. The minimum atomic E-state index is -0.852. The SMILES string of the molecule is CCCC(OC(=O)CC)OC(=O)NCC1CCC(C(=O)O)CC1. The molecule has 0 aromatic heterocycles. The number of rotatable bonds is 8. The first-order chi connectivity index (χ1) is 11.0. The van der Waals surface area contributed by atoms with Crippen LogP contribution in [-0.2, 0) is 19.1 Å². The molecule has 132 valence electrons. The number of nitrogens with one attached hydrogen (secondary N) is 1. The van der Waals surface area contributed by atoms with Gasteiger partial charge in [-0.2, -0.15) is 0 Å². The Morgan fingerprint density at radius 2 is 1.78 bits per heavy atom. The molecule has 1 amide bonds. The fraction of sp³-hybridized carbons (Fsp3) is 0.812. The van der Waals surface area contributed by atoms with Gasteiger partial charge in [0.05, 0.1) is 5.92 Å². The zero-order valence-electron chi connectivity index (χ0n) is 13.9. The minimum Gasteiger partial charge on any atom is -0.481 e. The van der Waals surface area contributed by atoms with Gasteiger partial charge in [0.1, 0.15) is 0 Å². The molecule has 2 N–H and O–H groups in total. The average molecular weight is 329 g/mol. The monoisotopic (exact) mass is 329 g/mol. The van der Waals surface area contributed by atoms with E-state index < -0.39 is 24.3 Å². The van der Waals surface area contributed by atoms with Gasteiger partial charge in [-0.1, -0.05) is 13.8 Å². The minimum absolute atomic E-state index is 0.234. The maximum Gasteiger partial charge on any atom is 0.410 e. The van der Waals surface area contributed by atoms with E-state index in [9.17, 15) is 14.4 Å². The molecule has 1 aliphatic carbocycles. The third-order valence-electron chi connectivity index (χ3n) is 4.05. The van der Waals surface area contributed by atoms with E-state index in [0.29, 0.717) is 25.8 Å². The molecule has 1 aliphatic rings. The second-order valence-electron chi connectivity index (χ2n) is 5.90. The number of esters is 1. The number of alkyl carbamates (subject to hydrolysis) is 1. The topological polar surface area (TPSA) is 102 Å². The van der Waals surface area contributed by atoms with Gasteiger partial charge in [0.2, 0.25) is 6.29 Å². The Morgan fingerprint density at radius 1 is 1.13 bits per heavy atom. The fourth-order valence-corrected chi connectivity index (χ4v) is 2.61. The van der Waals surface area contributed by atoms with Gasteiger partial charge in [-0.15, -0.1) is 0 Å². The molecule has 0 radical (unpaired) electrons. The lowest BCUT2D eigenvalue weighted by molar-refractivity contribution is -0.168. The van der Waals surface area contributed by atoms with E-state index in [-0.39, 0.29) is 18.3 Å². The highest BCUT2D eigenvalue weighted by molar-refractivity contribution is 5.70. The van der Waals surface area contributed by atoms with E-state index >= 15 is 0 Å². The quantitative estimate of drug-likeness (QED) is 0.524. The molecule has 0 bridgehead atoms. The number of hydrogen-bond donors (Lipinski definition) is 2. The average Bonchev–Trinajstić information content (AvgIpc) is 2.53. The van der Waals surface area contributed by atoms with Crippen LogP contribution in [0.15, 0.2) is 0 Å². The Hall–Kier alpha value is -1.79. The zero-order chi connectivity index (χ0) is 17.2. The lowest BCUT2D eigenvalue weighted by atomic mass is 9.82. The van der Waals surface area contributed by atoms with Crippen LogP contribution in [0.4, 0.5) is 4.79 Å². The Labute approximate surface area is 136 Å². The Balaban J connectivity index is 2.29. The van der Waals surface area contributed by atoms with E-state index in [1.54, 1.807) is 6.92 Å². The number of aliphatic carboxylic acids is 1. The Morgan fingerprint density at radius 3 is 2.30 bits per heavy atom. The van der Waals surface area contributed by atoms with Crippen molar-refractivity contribution < 1.29 is 29.0 Å². The number of carbonyl (C=O) groups excluding carboxylic acids is 2. The molecule has 1 atom stereocenters. The Bertz CT molecular complexity index is 403. The molecule has 0 aromatic rings. The van der Waals surface area contributed by atoms with Gasteiger partial charge in [-0.05, 0) is 38.0 Å². The number of hydrogen-bond acceptors (Lipinski definition) is 5. The first-order valence-corrected chi connectivity index (χ1v) is 8.33. The predicted molar refractivity (Wildman–Crippen MR) is 82.6 cm³/mol. The summed E-state index contributed by atoms with van der Waals surface area (Å²) in [6.45, 7) is 4.04. The van der Waals surface area contributed by atoms with Crippen molar-refractivity contribution in [1.29, 1.82) is 0 Å². The van der Waals surface area contributed by atoms with Crippen molar-refractivity contribution >= 4 is 18.0 Å². The highest BCUT2D eigenvalue weighted by Gasteiger charge is 2.26. The molecule has 0 aliphatic heterocycles. The molecular formula is C16H27NO6. The fourth-order valence-electron chi connectivity index (χ4n) is 2.61. The molecule has 0 heterocycles. The molecule has 1 saturated carbocycles. The third-order valence-corrected chi connectivity index (χ3v) is 4.05. The summed E-state index contributed by atoms with van der Waals surface area (Å²) in [6.07, 6.45) is 2.81. The largest absolute Gasteiger partial charge is 0.481 e. The van der Waals surface area contributed by atoms with Crippen LogP contribution in [0.3, 0.4) is 0 Å². The lowest BCUT2D eigenvalue weighted by Crippen LogP contribution is -2.35. The van der Waals surface area contributed by atoms with Gasteiger partial charge >= 0.3 is 18.0 Å². The molecule has 23 heavy (non-hydrogen) atoms. The van der Waals surface area contributed by atoms with Crippen LogP contribution in [0.5, 0.6) is 0 Å². The van der Waals surface area contributed by atoms with E-state index in [2.05, 4.69) is 5.32 Å². The molecule has 0 spiro atoms. The van der Waals surface area contributed by atoms with Crippen molar-refractivity contribution in [3.63, 3.8) is 0 Å². The van der Waals surface area contributed by atoms with Crippen LogP contribution in [0.25, 0.3) is 0 Å². The van der Waals surface area contributed by atoms with Crippen LogP contribution in [0.2, 0.25) is 0 Å². The summed E-state index contributed by atoms with van der Waals surface area (Å²) in [4.78, 5) is 34.0. The van der Waals surface area contributed by atoms with Crippen LogP contribution >= 0.6 is 0 Å². The van der Waals surface area contributed by atoms with Crippen molar-refractivity contribution in [3.8, 4) is 0 Å². The van der Waals surface area contributed by atoms with Gasteiger partial charge < -0.3 is 19.9 Å². The second-order valence-corrected chi connectivity index (χ2v) is 5.90. The standard InChI is InChI=1S/C16H27NO6/c1-3-5-14(22-13(18)4-2)23-16(21)17-10-11-6-8-12(9-7-11)15(19)20/h11-12,14H,3-10H2,1-2H3,(H,17,21)(H,19,20). The van der Waals surface area contributed by atoms with Crippen molar-refractivity contribution in [2.45, 2.75) is 65.1 Å². The first-order valence-electron chi connectivity index (χ1n) is 8.33. The van der Waals surface area contributed by atoms with E-state index in [4.69, 9.17) is 14.6 Å². The van der Waals surface area contributed by atoms with Gasteiger partial charge in [0, 0.05) is 19.4 Å². The normalized spacial score (nSPS) is 22.0. The van der Waals surface area contributed by atoms with E-state index in [0.717, 1.165) is 19.3 Å². The first kappa shape index (κ1) is 19.3. The summed E-state index contributed by atoms with van der Waals surface area (Å²) in [5.41, 5.74) is 0. The number of ether oxygens (including phenoxy) is 2. The molecule has 0 aromatic carbocycles. The molecule has 1 unspecified atom stereocenters. The molecular weight excluding hydrogens is 302 g/mol. The van der Waals surface area contributed by atoms with Crippen molar-refractivity contribution in [3.05, 3.63) is 0 Å². The number of amides is 1. The van der Waals surface area contributed by atoms with Crippen molar-refractivity contribution in [2.75, 3.05) is 6.54 Å². The maximum absolute atomic E-state index is 11.8. The van der Waals surface area contributed by atoms with Gasteiger partial charge in [-0.3, -0.25) is 9.59 Å². The van der Waals surface area contributed by atoms with Crippen LogP contribution in [-0.4, -0.2) is 36.0 Å². The highest BCUT2D eigenvalue weighted by atomic mass is 16.7. The summed E-state index contributed by atoms with van der Waals surface area (Å²) >= 11 is 0. The van der Waals surface area contributed by atoms with Crippen molar-refractivity contribution in [1.82, 2.24) is 5.32 Å². The summed E-state index contributed by atoms with van der Waals surface area (Å²) in [5, 5.41) is 11.6. The highest BCUT2D eigenvalue weighted by Crippen LogP contribution is 2.28. The van der Waals surface area contributed by atoms with Crippen LogP contribution in [0.1, 0.15) is 58.8 Å². The second kappa shape index (κ2) is 10.1. The predicted octanol–water partition coefficient (Wildman–Crippen LogP) is 2.68. The third kappa shape index (κ3) is 7.34. The number of carboxylic acid groups (broad SMARTS) is 1. The van der Waals surface area contributed by atoms with Crippen LogP contribution < -0.4 is 5.32 Å². The zero-order valence-corrected chi connectivity index (χ0v) is 13.9. The number of carboxylic acids is 1. The molecule has 7 heteroatoms. The summed E-state index contributed by atoms with van der Waals surface area (Å²) in [7, 11) is 0. The number of carbonyl (C=O) groups is 3. The molecule has 1 fully saturated rings. The van der Waals surface area contributed by atoms with E-state index in [1.807, 2.05) is 6.92 Å². The van der Waals surface area contributed by atoms with E-state index in [1.165, 1.54) is 0 Å². The summed E-state index contributed by atoms with van der Waals surface area (Å²) in [5.74, 6) is -1.14. The smallest absolute Gasteiger partial charge is 0.410 e. The van der Waals surface area contributed by atoms with Crippen molar-refractivity contribution in [2.24, 2.45) is 11.8 Å². The maximum atomic E-state index is 11.8.